The first-order valence-corrected chi connectivity index (χ1v) is 6.87. The van der Waals surface area contributed by atoms with Crippen LogP contribution in [0, 0.1) is 17.3 Å². The number of hydrogen-bond acceptors (Lipinski definition) is 7. The maximum atomic E-state index is 9.24. The summed E-state index contributed by atoms with van der Waals surface area (Å²) in [6.45, 7) is 1.19. The van der Waals surface area contributed by atoms with Crippen LogP contribution in [-0.2, 0) is 0 Å². The van der Waals surface area contributed by atoms with Crippen LogP contribution in [0.25, 0.3) is 0 Å². The Morgan fingerprint density at radius 1 is 1.43 bits per heavy atom. The third-order valence-corrected chi connectivity index (χ3v) is 2.87. The monoisotopic (exact) mass is 311 g/mol. The Morgan fingerprint density at radius 2 is 2.22 bits per heavy atom. The number of rotatable bonds is 4. The Balaban J connectivity index is 2.42. The maximum Gasteiger partial charge on any atom is 0.221 e. The van der Waals surface area contributed by atoms with E-state index in [2.05, 4.69) is 27.1 Å². The second kappa shape index (κ2) is 7.35. The van der Waals surface area contributed by atoms with Crippen LogP contribution in [0.5, 0.6) is 0 Å². The lowest BCUT2D eigenvalue weighted by molar-refractivity contribution is 0.253. The van der Waals surface area contributed by atoms with E-state index in [0.717, 1.165) is 0 Å². The van der Waals surface area contributed by atoms with Crippen LogP contribution in [0.3, 0.4) is 0 Å². The molecule has 0 amide bonds. The van der Waals surface area contributed by atoms with Gasteiger partial charge in [0.15, 0.2) is 0 Å². The molecule has 23 heavy (non-hydrogen) atoms. The molecule has 0 bridgehead atoms. The number of hydrogen-bond donors (Lipinski definition) is 5. The van der Waals surface area contributed by atoms with Gasteiger partial charge in [-0.2, -0.15) is 4.98 Å². The predicted octanol–water partition coefficient (Wildman–Crippen LogP) is 0.895. The second-order valence-electron chi connectivity index (χ2n) is 4.77. The van der Waals surface area contributed by atoms with Crippen LogP contribution >= 0.6 is 0 Å². The van der Waals surface area contributed by atoms with Crippen molar-refractivity contribution < 1.29 is 10.2 Å². The molecule has 1 unspecified atom stereocenters. The van der Waals surface area contributed by atoms with E-state index >= 15 is 0 Å². The van der Waals surface area contributed by atoms with Crippen molar-refractivity contribution in [3.63, 3.8) is 0 Å². The lowest BCUT2D eigenvalue weighted by atomic mass is 10.0. The fourth-order valence-electron chi connectivity index (χ4n) is 1.84. The van der Waals surface area contributed by atoms with Gasteiger partial charge in [0.2, 0.25) is 5.95 Å². The van der Waals surface area contributed by atoms with Gasteiger partial charge in [-0.15, -0.1) is 0 Å². The second-order valence-corrected chi connectivity index (χ2v) is 4.77. The Labute approximate surface area is 133 Å². The van der Waals surface area contributed by atoms with Gasteiger partial charge in [-0.05, 0) is 31.2 Å². The van der Waals surface area contributed by atoms with Crippen molar-refractivity contribution in [2.24, 2.45) is 0 Å². The van der Waals surface area contributed by atoms with E-state index in [-0.39, 0.29) is 18.3 Å². The zero-order chi connectivity index (χ0) is 16.8. The van der Waals surface area contributed by atoms with E-state index in [9.17, 15) is 10.2 Å². The molecule has 0 spiro atoms. The third-order valence-electron chi connectivity index (χ3n) is 2.87. The molecule has 7 nitrogen and oxygen atoms in total. The van der Waals surface area contributed by atoms with Crippen molar-refractivity contribution in [2.75, 3.05) is 17.7 Å². The van der Waals surface area contributed by atoms with Gasteiger partial charge in [0, 0.05) is 17.3 Å². The Morgan fingerprint density at radius 3 is 2.87 bits per heavy atom. The summed E-state index contributed by atoms with van der Waals surface area (Å²) in [6.07, 6.45) is 0.780. The molecule has 7 heteroatoms. The molecule has 0 aliphatic rings. The van der Waals surface area contributed by atoms with Crippen molar-refractivity contribution in [1.82, 2.24) is 9.97 Å². The molecule has 2 aromatic rings. The Bertz CT molecular complexity index is 778. The molecule has 0 radical (unpaired) electrons. The van der Waals surface area contributed by atoms with Crippen LogP contribution in [0.4, 0.5) is 17.5 Å². The van der Waals surface area contributed by atoms with Crippen molar-refractivity contribution in [3.8, 4) is 11.8 Å². The Kier molecular flexibility index (Phi) is 5.25. The summed E-state index contributed by atoms with van der Waals surface area (Å²) in [5.74, 6) is 6.08. The number of aromatic nitrogens is 2. The zero-order valence-electron chi connectivity index (χ0n) is 12.5. The number of aliphatic hydroxyl groups excluding tert-OH is 2. The third kappa shape index (κ3) is 4.51. The largest absolute Gasteiger partial charge is 0.390 e. The minimum atomic E-state index is -0.733. The van der Waals surface area contributed by atoms with E-state index in [4.69, 9.17) is 11.1 Å². The highest BCUT2D eigenvalue weighted by molar-refractivity contribution is 6.04. The van der Waals surface area contributed by atoms with Gasteiger partial charge in [0.25, 0.3) is 0 Å². The number of nitrogens with one attached hydrogen (secondary N) is 2. The van der Waals surface area contributed by atoms with Crippen LogP contribution < -0.4 is 11.1 Å². The van der Waals surface area contributed by atoms with Gasteiger partial charge in [0.05, 0.1) is 18.0 Å². The lowest BCUT2D eigenvalue weighted by Gasteiger charge is -2.12. The summed E-state index contributed by atoms with van der Waals surface area (Å²) in [5, 5.41) is 29.3. The summed E-state index contributed by atoms with van der Waals surface area (Å²) in [6, 6.07) is 6.75. The zero-order valence-corrected chi connectivity index (χ0v) is 12.5. The predicted molar refractivity (Wildman–Crippen MR) is 88.6 cm³/mol. The number of anilines is 3. The minimum absolute atomic E-state index is 0.0598. The topological polar surface area (TPSA) is 128 Å². The first-order valence-electron chi connectivity index (χ1n) is 6.87. The minimum Gasteiger partial charge on any atom is -0.390 e. The summed E-state index contributed by atoms with van der Waals surface area (Å²) in [5.41, 5.74) is 7.35. The normalized spacial score (nSPS) is 11.3. The average Bonchev–Trinajstić information content (AvgIpc) is 2.52. The van der Waals surface area contributed by atoms with Gasteiger partial charge >= 0.3 is 0 Å². The number of nitrogens with zero attached hydrogens (tertiary/aromatic N) is 2. The molecule has 0 aliphatic heterocycles. The molecule has 0 saturated carbocycles. The molecule has 1 aromatic carbocycles. The first-order chi connectivity index (χ1) is 11.0. The average molecular weight is 311 g/mol. The molecular formula is C16H17N5O2. The van der Waals surface area contributed by atoms with Crippen molar-refractivity contribution in [2.45, 2.75) is 13.0 Å². The summed E-state index contributed by atoms with van der Waals surface area (Å²) < 4.78 is 0. The van der Waals surface area contributed by atoms with E-state index in [1.165, 1.54) is 6.20 Å². The standard InChI is InChI=1S/C16H17N5O2/c1-10(23)2-3-11-4-5-12(13(17)9-22)14(8-11)20-15-6-7-19-16(18)21-15/h4-8,10,17,22-23H,9H2,1H3,(H3,18,19,20,21). The Hall–Kier alpha value is -2.95. The lowest BCUT2D eigenvalue weighted by Crippen LogP contribution is -2.09. The molecule has 118 valence electrons. The molecule has 0 saturated heterocycles. The quantitative estimate of drug-likeness (QED) is 0.421. The maximum absolute atomic E-state index is 9.24. The van der Waals surface area contributed by atoms with Gasteiger partial charge in [-0.25, -0.2) is 4.98 Å². The van der Waals surface area contributed by atoms with Crippen LogP contribution in [0.1, 0.15) is 18.1 Å². The summed E-state index contributed by atoms with van der Waals surface area (Å²) in [7, 11) is 0. The SMILES string of the molecule is CC(O)C#Cc1ccc(C(=N)CO)c(Nc2ccnc(N)n2)c1. The number of nitrogens with two attached hydrogens (primary N) is 1. The summed E-state index contributed by atoms with van der Waals surface area (Å²) in [4.78, 5) is 7.86. The van der Waals surface area contributed by atoms with Crippen LogP contribution in [0.2, 0.25) is 0 Å². The van der Waals surface area contributed by atoms with E-state index in [0.29, 0.717) is 22.6 Å². The molecule has 0 fully saturated rings. The highest BCUT2D eigenvalue weighted by atomic mass is 16.3. The van der Waals surface area contributed by atoms with E-state index in [1.54, 1.807) is 31.2 Å². The number of nitrogen functional groups attached to an aromatic ring is 1. The van der Waals surface area contributed by atoms with Gasteiger partial charge < -0.3 is 26.7 Å². The molecular weight excluding hydrogens is 294 g/mol. The van der Waals surface area contributed by atoms with Gasteiger partial charge in [-0.1, -0.05) is 11.8 Å². The molecule has 1 heterocycles. The van der Waals surface area contributed by atoms with Crippen molar-refractivity contribution in [1.29, 1.82) is 5.41 Å². The first kappa shape index (κ1) is 16.4. The van der Waals surface area contributed by atoms with Crippen molar-refractivity contribution >= 4 is 23.2 Å². The fourth-order valence-corrected chi connectivity index (χ4v) is 1.84. The summed E-state index contributed by atoms with van der Waals surface area (Å²) >= 11 is 0. The van der Waals surface area contributed by atoms with Crippen LogP contribution in [0.15, 0.2) is 30.5 Å². The molecule has 1 aromatic heterocycles. The molecule has 6 N–H and O–H groups in total. The molecule has 0 aliphatic carbocycles. The molecule has 1 atom stereocenters. The van der Waals surface area contributed by atoms with Gasteiger partial charge in [0.1, 0.15) is 11.9 Å². The molecule has 2 rings (SSSR count). The smallest absolute Gasteiger partial charge is 0.221 e. The highest BCUT2D eigenvalue weighted by Crippen LogP contribution is 2.22. The number of benzene rings is 1. The van der Waals surface area contributed by atoms with E-state index in [1.807, 2.05) is 0 Å². The van der Waals surface area contributed by atoms with E-state index < -0.39 is 6.10 Å². The number of aliphatic hydroxyl groups is 2. The van der Waals surface area contributed by atoms with Crippen LogP contribution in [-0.4, -0.2) is 38.6 Å². The van der Waals surface area contributed by atoms with Crippen molar-refractivity contribution in [3.05, 3.63) is 41.6 Å². The van der Waals surface area contributed by atoms with Gasteiger partial charge in [-0.3, -0.25) is 0 Å². The highest BCUT2D eigenvalue weighted by Gasteiger charge is 2.09. The fraction of sp³-hybridized carbons (Fsp3) is 0.188.